The summed E-state index contributed by atoms with van der Waals surface area (Å²) >= 11 is 0. The minimum atomic E-state index is -3.04. The smallest absolute Gasteiger partial charge is 0.306 e. The van der Waals surface area contributed by atoms with E-state index in [0.717, 1.165) is 32.1 Å². The molecule has 0 aliphatic rings. The standard InChI is InChI=1S/C20H41O3P/c1-4-7-10-12-14-16-18-22-24(21,20-9-6-3)23-19-17-15-13-11-8-5-2/h9,20H,4-8,10-19H2,1-3H3. The Morgan fingerprint density at radius 1 is 0.667 bits per heavy atom. The first kappa shape index (κ1) is 23.9. The van der Waals surface area contributed by atoms with Crippen molar-refractivity contribution in [1.29, 1.82) is 0 Å². The number of hydrogen-bond acceptors (Lipinski definition) is 3. The quantitative estimate of drug-likeness (QED) is 0.184. The SMILES string of the molecule is CCC=CP(=O)(OCCCCCCCC)OCCCCCCCC. The van der Waals surface area contributed by atoms with E-state index in [4.69, 9.17) is 9.05 Å². The highest BCUT2D eigenvalue weighted by molar-refractivity contribution is 7.57. The molecule has 4 heteroatoms. The maximum absolute atomic E-state index is 12.7. The Kier molecular flexibility index (Phi) is 17.6. The highest BCUT2D eigenvalue weighted by Gasteiger charge is 2.19. The fourth-order valence-corrected chi connectivity index (χ4v) is 3.99. The molecule has 0 aromatic heterocycles. The number of unbranched alkanes of at least 4 members (excludes halogenated alkanes) is 10. The molecule has 0 amide bonds. The van der Waals surface area contributed by atoms with Crippen molar-refractivity contribution in [3.05, 3.63) is 11.9 Å². The van der Waals surface area contributed by atoms with Gasteiger partial charge < -0.3 is 9.05 Å². The van der Waals surface area contributed by atoms with Crippen molar-refractivity contribution in [3.8, 4) is 0 Å². The van der Waals surface area contributed by atoms with Gasteiger partial charge in [-0.3, -0.25) is 4.57 Å². The largest absolute Gasteiger partial charge is 0.353 e. The van der Waals surface area contributed by atoms with E-state index in [9.17, 15) is 4.57 Å². The third kappa shape index (κ3) is 15.4. The second-order valence-electron chi connectivity index (χ2n) is 6.53. The maximum Gasteiger partial charge on any atom is 0.353 e. The van der Waals surface area contributed by atoms with Gasteiger partial charge in [-0.15, -0.1) is 0 Å². The van der Waals surface area contributed by atoms with Crippen molar-refractivity contribution in [1.82, 2.24) is 0 Å². The molecule has 0 atom stereocenters. The van der Waals surface area contributed by atoms with Crippen molar-refractivity contribution in [2.45, 2.75) is 104 Å². The Hall–Kier alpha value is -0.110. The molecule has 0 fully saturated rings. The van der Waals surface area contributed by atoms with Crippen LogP contribution in [0.4, 0.5) is 0 Å². The zero-order chi connectivity index (χ0) is 17.9. The van der Waals surface area contributed by atoms with Crippen molar-refractivity contribution in [2.24, 2.45) is 0 Å². The molecule has 0 bridgehead atoms. The highest BCUT2D eigenvalue weighted by Crippen LogP contribution is 2.50. The molecule has 144 valence electrons. The van der Waals surface area contributed by atoms with E-state index < -0.39 is 7.60 Å². The molecule has 0 spiro atoms. The van der Waals surface area contributed by atoms with E-state index in [-0.39, 0.29) is 0 Å². The molecule has 0 N–H and O–H groups in total. The summed E-state index contributed by atoms with van der Waals surface area (Å²) in [4.78, 5) is 0. The zero-order valence-electron chi connectivity index (χ0n) is 16.4. The lowest BCUT2D eigenvalue weighted by atomic mass is 10.1. The molecule has 0 unspecified atom stereocenters. The summed E-state index contributed by atoms with van der Waals surface area (Å²) in [5.41, 5.74) is 0. The van der Waals surface area contributed by atoms with Gasteiger partial charge in [-0.2, -0.15) is 0 Å². The predicted octanol–water partition coefficient (Wildman–Crippen LogP) is 7.86. The van der Waals surface area contributed by atoms with E-state index in [1.165, 1.54) is 51.4 Å². The molecule has 0 heterocycles. The van der Waals surface area contributed by atoms with E-state index in [2.05, 4.69) is 13.8 Å². The molecular formula is C20H41O3P. The molecule has 0 radical (unpaired) electrons. The first-order chi connectivity index (χ1) is 11.7. The molecule has 3 nitrogen and oxygen atoms in total. The van der Waals surface area contributed by atoms with E-state index >= 15 is 0 Å². The Balaban J connectivity index is 3.91. The van der Waals surface area contributed by atoms with Crippen LogP contribution in [0.3, 0.4) is 0 Å². The average molecular weight is 361 g/mol. The molecule has 0 aliphatic carbocycles. The monoisotopic (exact) mass is 360 g/mol. The lowest BCUT2D eigenvalue weighted by Gasteiger charge is -2.15. The number of rotatable bonds is 18. The van der Waals surface area contributed by atoms with Crippen molar-refractivity contribution in [3.63, 3.8) is 0 Å². The van der Waals surface area contributed by atoms with E-state index in [1.807, 2.05) is 13.0 Å². The van der Waals surface area contributed by atoms with Crippen molar-refractivity contribution >= 4 is 7.60 Å². The van der Waals surface area contributed by atoms with Gasteiger partial charge in [0, 0.05) is 5.82 Å². The van der Waals surface area contributed by atoms with Gasteiger partial charge in [0.2, 0.25) is 0 Å². The normalized spacial score (nSPS) is 12.3. The second-order valence-corrected chi connectivity index (χ2v) is 8.43. The van der Waals surface area contributed by atoms with Crippen LogP contribution in [0.1, 0.15) is 104 Å². The van der Waals surface area contributed by atoms with E-state index in [1.54, 1.807) is 5.82 Å². The van der Waals surface area contributed by atoms with Gasteiger partial charge in [-0.25, -0.2) is 0 Å². The van der Waals surface area contributed by atoms with Gasteiger partial charge in [0.05, 0.1) is 13.2 Å². The number of hydrogen-bond donors (Lipinski definition) is 0. The lowest BCUT2D eigenvalue weighted by Crippen LogP contribution is -1.98. The predicted molar refractivity (Wildman–Crippen MR) is 106 cm³/mol. The highest BCUT2D eigenvalue weighted by atomic mass is 31.2. The maximum atomic E-state index is 12.7. The molecule has 24 heavy (non-hydrogen) atoms. The van der Waals surface area contributed by atoms with Crippen LogP contribution in [0.2, 0.25) is 0 Å². The first-order valence-corrected chi connectivity index (χ1v) is 11.9. The van der Waals surface area contributed by atoms with Crippen LogP contribution in [0.25, 0.3) is 0 Å². The molecule has 0 rings (SSSR count). The van der Waals surface area contributed by atoms with Crippen LogP contribution in [0.5, 0.6) is 0 Å². The minimum Gasteiger partial charge on any atom is -0.306 e. The average Bonchev–Trinajstić information content (AvgIpc) is 2.58. The fourth-order valence-electron chi connectivity index (χ4n) is 2.51. The summed E-state index contributed by atoms with van der Waals surface area (Å²) in [7, 11) is -3.04. The number of allylic oxidation sites excluding steroid dienone is 1. The Labute approximate surface area is 151 Å². The molecule has 0 saturated heterocycles. The third-order valence-electron chi connectivity index (χ3n) is 4.06. The van der Waals surface area contributed by atoms with E-state index in [0.29, 0.717) is 13.2 Å². The second kappa shape index (κ2) is 17.7. The fraction of sp³-hybridized carbons (Fsp3) is 0.900. The van der Waals surface area contributed by atoms with Gasteiger partial charge in [-0.1, -0.05) is 91.1 Å². The zero-order valence-corrected chi connectivity index (χ0v) is 17.3. The van der Waals surface area contributed by atoms with Crippen molar-refractivity contribution < 1.29 is 13.6 Å². The topological polar surface area (TPSA) is 35.5 Å². The third-order valence-corrected chi connectivity index (χ3v) is 5.72. The van der Waals surface area contributed by atoms with Gasteiger partial charge in [0.1, 0.15) is 0 Å². The molecule has 0 aromatic carbocycles. The lowest BCUT2D eigenvalue weighted by molar-refractivity contribution is 0.205. The Morgan fingerprint density at radius 3 is 1.50 bits per heavy atom. The van der Waals surface area contributed by atoms with Crippen LogP contribution in [0, 0.1) is 0 Å². The summed E-state index contributed by atoms with van der Waals surface area (Å²) in [6, 6.07) is 0. The van der Waals surface area contributed by atoms with Gasteiger partial charge in [-0.05, 0) is 19.3 Å². The first-order valence-electron chi connectivity index (χ1n) is 10.2. The Bertz CT molecular complexity index is 307. The van der Waals surface area contributed by atoms with Crippen LogP contribution in [-0.2, 0) is 13.6 Å². The summed E-state index contributed by atoms with van der Waals surface area (Å²) < 4.78 is 24.0. The minimum absolute atomic E-state index is 0.536. The summed E-state index contributed by atoms with van der Waals surface area (Å²) in [5, 5.41) is 0. The van der Waals surface area contributed by atoms with Crippen LogP contribution < -0.4 is 0 Å². The van der Waals surface area contributed by atoms with Crippen LogP contribution >= 0.6 is 7.60 Å². The molecular weight excluding hydrogens is 319 g/mol. The van der Waals surface area contributed by atoms with Crippen molar-refractivity contribution in [2.75, 3.05) is 13.2 Å². The molecule has 0 saturated carbocycles. The van der Waals surface area contributed by atoms with Crippen LogP contribution in [-0.4, -0.2) is 13.2 Å². The van der Waals surface area contributed by atoms with Gasteiger partial charge in [0.15, 0.2) is 0 Å². The Morgan fingerprint density at radius 2 is 1.08 bits per heavy atom. The summed E-state index contributed by atoms with van der Waals surface area (Å²) in [6.07, 6.45) is 17.2. The summed E-state index contributed by atoms with van der Waals surface area (Å²) in [5.74, 6) is 1.65. The van der Waals surface area contributed by atoms with Gasteiger partial charge >= 0.3 is 7.60 Å². The van der Waals surface area contributed by atoms with Gasteiger partial charge in [0.25, 0.3) is 0 Å². The molecule has 0 aromatic rings. The summed E-state index contributed by atoms with van der Waals surface area (Å²) in [6.45, 7) is 7.55. The molecule has 0 aliphatic heterocycles. The van der Waals surface area contributed by atoms with Crippen LogP contribution in [0.15, 0.2) is 11.9 Å².